The maximum Gasteiger partial charge on any atom is 0.252 e. The van der Waals surface area contributed by atoms with E-state index in [1.165, 1.54) is 0 Å². The highest BCUT2D eigenvalue weighted by Crippen LogP contribution is 2.12. The lowest BCUT2D eigenvalue weighted by molar-refractivity contribution is 0.0958. The molecule has 1 rings (SSSR count). The first-order valence-electron chi connectivity index (χ1n) is 4.23. The van der Waals surface area contributed by atoms with E-state index in [-0.39, 0.29) is 12.5 Å². The Hall–Kier alpha value is -1.95. The van der Waals surface area contributed by atoms with Gasteiger partial charge in [0.2, 0.25) is 0 Å². The zero-order valence-corrected chi connectivity index (χ0v) is 8.00. The second-order valence-corrected chi connectivity index (χ2v) is 2.96. The number of anilines is 1. The van der Waals surface area contributed by atoms with E-state index in [1.807, 2.05) is 6.92 Å². The molecule has 0 bridgehead atoms. The third-order valence-electron chi connectivity index (χ3n) is 1.86. The first-order valence-corrected chi connectivity index (χ1v) is 4.23. The summed E-state index contributed by atoms with van der Waals surface area (Å²) in [5.41, 5.74) is 7.60. The maximum atomic E-state index is 11.5. The Balaban J connectivity index is 2.90. The lowest BCUT2D eigenvalue weighted by atomic mass is 10.1. The molecule has 0 unspecified atom stereocenters. The normalized spacial score (nSPS) is 9.14. The van der Waals surface area contributed by atoms with Crippen LogP contribution in [0.1, 0.15) is 15.9 Å². The highest BCUT2D eigenvalue weighted by molar-refractivity contribution is 5.96. The smallest absolute Gasteiger partial charge is 0.252 e. The number of amides is 1. The zero-order chi connectivity index (χ0) is 10.6. The van der Waals surface area contributed by atoms with Gasteiger partial charge in [-0.2, -0.15) is 0 Å². The van der Waals surface area contributed by atoms with Crippen LogP contribution in [-0.2, 0) is 0 Å². The molecule has 3 N–H and O–H groups in total. The first-order chi connectivity index (χ1) is 6.65. The Morgan fingerprint density at radius 3 is 3.00 bits per heavy atom. The van der Waals surface area contributed by atoms with E-state index in [1.54, 1.807) is 18.2 Å². The summed E-state index contributed by atoms with van der Waals surface area (Å²) in [5, 5.41) is 2.59. The van der Waals surface area contributed by atoms with Gasteiger partial charge in [0.05, 0.1) is 6.54 Å². The fourth-order valence-electron chi connectivity index (χ4n) is 1.11. The molecular formula is C11H12N2O. The van der Waals surface area contributed by atoms with E-state index in [0.717, 1.165) is 5.56 Å². The molecule has 1 aromatic rings. The van der Waals surface area contributed by atoms with Gasteiger partial charge in [-0.05, 0) is 24.6 Å². The van der Waals surface area contributed by atoms with Crippen LogP contribution in [0, 0.1) is 19.3 Å². The molecule has 0 saturated carbocycles. The van der Waals surface area contributed by atoms with E-state index in [9.17, 15) is 4.79 Å². The van der Waals surface area contributed by atoms with Crippen LogP contribution >= 0.6 is 0 Å². The predicted octanol–water partition coefficient (Wildman–Crippen LogP) is 0.940. The fourth-order valence-corrected chi connectivity index (χ4v) is 1.11. The molecule has 0 aliphatic heterocycles. The molecule has 14 heavy (non-hydrogen) atoms. The van der Waals surface area contributed by atoms with Crippen molar-refractivity contribution in [2.24, 2.45) is 0 Å². The summed E-state index contributed by atoms with van der Waals surface area (Å²) >= 11 is 0. The van der Waals surface area contributed by atoms with Crippen LogP contribution in [0.25, 0.3) is 0 Å². The third-order valence-corrected chi connectivity index (χ3v) is 1.86. The second kappa shape index (κ2) is 4.33. The molecule has 3 nitrogen and oxygen atoms in total. The van der Waals surface area contributed by atoms with Gasteiger partial charge in [-0.25, -0.2) is 0 Å². The third kappa shape index (κ3) is 2.27. The van der Waals surface area contributed by atoms with Gasteiger partial charge in [0.1, 0.15) is 0 Å². The standard InChI is InChI=1S/C11H12N2O/c1-3-6-13-11(14)10-7-9(12)5-4-8(10)2/h1,4-5,7H,6,12H2,2H3,(H,13,14). The van der Waals surface area contributed by atoms with Gasteiger partial charge >= 0.3 is 0 Å². The predicted molar refractivity (Wildman–Crippen MR) is 56.8 cm³/mol. The number of aryl methyl sites for hydroxylation is 1. The number of terminal acetylenes is 1. The Bertz CT molecular complexity index is 391. The van der Waals surface area contributed by atoms with Gasteiger partial charge in [0.15, 0.2) is 0 Å². The van der Waals surface area contributed by atoms with E-state index < -0.39 is 0 Å². The maximum absolute atomic E-state index is 11.5. The number of nitrogen functional groups attached to an aromatic ring is 1. The molecular weight excluding hydrogens is 176 g/mol. The Morgan fingerprint density at radius 2 is 2.36 bits per heavy atom. The van der Waals surface area contributed by atoms with Crippen LogP contribution in [0.3, 0.4) is 0 Å². The fraction of sp³-hybridized carbons (Fsp3) is 0.182. The highest BCUT2D eigenvalue weighted by Gasteiger charge is 2.07. The summed E-state index contributed by atoms with van der Waals surface area (Å²) in [5.74, 6) is 2.15. The lowest BCUT2D eigenvalue weighted by Crippen LogP contribution is -2.24. The van der Waals surface area contributed by atoms with Crippen molar-refractivity contribution in [1.82, 2.24) is 5.32 Å². The Kier molecular flexibility index (Phi) is 3.14. The van der Waals surface area contributed by atoms with Crippen LogP contribution in [-0.4, -0.2) is 12.5 Å². The molecule has 0 saturated heterocycles. The van der Waals surface area contributed by atoms with Crippen molar-refractivity contribution in [2.45, 2.75) is 6.92 Å². The molecule has 0 radical (unpaired) electrons. The molecule has 1 aromatic carbocycles. The summed E-state index contributed by atoms with van der Waals surface area (Å²) in [6.07, 6.45) is 5.03. The van der Waals surface area contributed by atoms with E-state index in [2.05, 4.69) is 11.2 Å². The number of rotatable bonds is 2. The SMILES string of the molecule is C#CCNC(=O)c1cc(N)ccc1C. The van der Waals surface area contributed by atoms with Gasteiger partial charge < -0.3 is 11.1 Å². The summed E-state index contributed by atoms with van der Waals surface area (Å²) in [4.78, 5) is 11.5. The first kappa shape index (κ1) is 10.1. The number of carbonyl (C=O) groups excluding carboxylic acids is 1. The number of nitrogens with one attached hydrogen (secondary N) is 1. The van der Waals surface area contributed by atoms with E-state index in [0.29, 0.717) is 11.3 Å². The number of nitrogens with two attached hydrogens (primary N) is 1. The highest BCUT2D eigenvalue weighted by atomic mass is 16.1. The molecule has 0 aromatic heterocycles. The van der Waals surface area contributed by atoms with Crippen LogP contribution in [0.4, 0.5) is 5.69 Å². The molecule has 0 aliphatic carbocycles. The van der Waals surface area contributed by atoms with Crippen LogP contribution in [0.5, 0.6) is 0 Å². The molecule has 0 fully saturated rings. The van der Waals surface area contributed by atoms with Crippen LogP contribution in [0.2, 0.25) is 0 Å². The second-order valence-electron chi connectivity index (χ2n) is 2.96. The summed E-state index contributed by atoms with van der Waals surface area (Å²) < 4.78 is 0. The average molecular weight is 188 g/mol. The number of carbonyl (C=O) groups is 1. The summed E-state index contributed by atoms with van der Waals surface area (Å²) in [7, 11) is 0. The molecule has 0 aliphatic rings. The Morgan fingerprint density at radius 1 is 1.64 bits per heavy atom. The minimum absolute atomic E-state index is 0.187. The van der Waals surface area contributed by atoms with Crippen LogP contribution in [0.15, 0.2) is 18.2 Å². The monoisotopic (exact) mass is 188 g/mol. The molecule has 72 valence electrons. The van der Waals surface area contributed by atoms with Crippen molar-refractivity contribution in [3.63, 3.8) is 0 Å². The molecule has 0 spiro atoms. The van der Waals surface area contributed by atoms with Crippen molar-refractivity contribution in [1.29, 1.82) is 0 Å². The number of benzene rings is 1. The summed E-state index contributed by atoms with van der Waals surface area (Å²) in [6.45, 7) is 2.08. The topological polar surface area (TPSA) is 55.1 Å². The average Bonchev–Trinajstić information content (AvgIpc) is 2.18. The number of hydrogen-bond acceptors (Lipinski definition) is 2. The zero-order valence-electron chi connectivity index (χ0n) is 8.00. The minimum Gasteiger partial charge on any atom is -0.399 e. The van der Waals surface area contributed by atoms with Gasteiger partial charge in [0.25, 0.3) is 5.91 Å². The van der Waals surface area contributed by atoms with E-state index >= 15 is 0 Å². The van der Waals surface area contributed by atoms with Gasteiger partial charge in [-0.1, -0.05) is 12.0 Å². The van der Waals surface area contributed by atoms with Gasteiger partial charge in [-0.15, -0.1) is 6.42 Å². The van der Waals surface area contributed by atoms with Crippen LogP contribution < -0.4 is 11.1 Å². The van der Waals surface area contributed by atoms with E-state index in [4.69, 9.17) is 12.2 Å². The quantitative estimate of drug-likeness (QED) is 0.536. The number of hydrogen-bond donors (Lipinski definition) is 2. The van der Waals surface area contributed by atoms with Gasteiger partial charge in [-0.3, -0.25) is 4.79 Å². The largest absolute Gasteiger partial charge is 0.399 e. The van der Waals surface area contributed by atoms with Crippen molar-refractivity contribution in [3.8, 4) is 12.3 Å². The van der Waals surface area contributed by atoms with Crippen molar-refractivity contribution in [3.05, 3.63) is 29.3 Å². The molecule has 1 amide bonds. The summed E-state index contributed by atoms with van der Waals surface area (Å²) in [6, 6.07) is 5.20. The van der Waals surface area contributed by atoms with Crippen molar-refractivity contribution < 1.29 is 4.79 Å². The Labute approximate surface area is 83.3 Å². The minimum atomic E-state index is -0.187. The van der Waals surface area contributed by atoms with Crippen molar-refractivity contribution in [2.75, 3.05) is 12.3 Å². The lowest BCUT2D eigenvalue weighted by Gasteiger charge is -2.05. The molecule has 3 heteroatoms. The molecule has 0 heterocycles. The molecule has 0 atom stereocenters. The van der Waals surface area contributed by atoms with Gasteiger partial charge in [0, 0.05) is 11.3 Å². The van der Waals surface area contributed by atoms with Crippen molar-refractivity contribution >= 4 is 11.6 Å².